The van der Waals surface area contributed by atoms with E-state index in [1.165, 1.54) is 6.07 Å². The van der Waals surface area contributed by atoms with Gasteiger partial charge in [-0.2, -0.15) is 0 Å². The first-order valence-corrected chi connectivity index (χ1v) is 8.31. The highest BCUT2D eigenvalue weighted by Gasteiger charge is 2.41. The Hall–Kier alpha value is -3.15. The summed E-state index contributed by atoms with van der Waals surface area (Å²) in [6, 6.07) is 10.4. The topological polar surface area (TPSA) is 86.3 Å². The zero-order chi connectivity index (χ0) is 17.1. The average Bonchev–Trinajstić information content (AvgIpc) is 3.19. The molecule has 6 nitrogen and oxygen atoms in total. The van der Waals surface area contributed by atoms with Crippen LogP contribution in [0.4, 0.5) is 0 Å². The number of fused-ring (bicyclic) bond motifs is 4. The lowest BCUT2D eigenvalue weighted by molar-refractivity contribution is 0.0776. The monoisotopic (exact) mass is 333 g/mol. The Bertz CT molecular complexity index is 1100. The van der Waals surface area contributed by atoms with Crippen LogP contribution in [0.3, 0.4) is 0 Å². The van der Waals surface area contributed by atoms with Gasteiger partial charge >= 0.3 is 0 Å². The Labute approximate surface area is 142 Å². The van der Waals surface area contributed by atoms with Gasteiger partial charge in [-0.15, -0.1) is 0 Å². The van der Waals surface area contributed by atoms with Gasteiger partial charge in [-0.25, -0.2) is 4.98 Å². The summed E-state index contributed by atoms with van der Waals surface area (Å²) in [6.45, 7) is 0.757. The van der Waals surface area contributed by atoms with Crippen molar-refractivity contribution in [1.82, 2.24) is 14.9 Å². The molecule has 0 saturated carbocycles. The molecule has 0 aliphatic carbocycles. The fourth-order valence-corrected chi connectivity index (χ4v) is 4.06. The Kier molecular flexibility index (Phi) is 2.80. The molecule has 1 amide bonds. The number of phenolic OH excluding ortho intramolecular Hbond substituents is 1. The number of aromatic nitrogens is 2. The Morgan fingerprint density at radius 1 is 1.12 bits per heavy atom. The average molecular weight is 333 g/mol. The predicted octanol–water partition coefficient (Wildman–Crippen LogP) is 2.59. The number of benzene rings is 2. The summed E-state index contributed by atoms with van der Waals surface area (Å²) in [5.74, 6) is 0.0262. The van der Waals surface area contributed by atoms with E-state index in [1.54, 1.807) is 18.2 Å². The largest absolute Gasteiger partial charge is 0.506 e. The van der Waals surface area contributed by atoms with Crippen LogP contribution in [0.15, 0.2) is 41.2 Å². The molecule has 2 aliphatic heterocycles. The van der Waals surface area contributed by atoms with Gasteiger partial charge in [-0.05, 0) is 36.6 Å². The molecule has 0 bridgehead atoms. The lowest BCUT2D eigenvalue weighted by atomic mass is 9.94. The van der Waals surface area contributed by atoms with E-state index in [1.807, 2.05) is 17.0 Å². The van der Waals surface area contributed by atoms with Crippen LogP contribution in [-0.4, -0.2) is 32.4 Å². The van der Waals surface area contributed by atoms with E-state index in [0.29, 0.717) is 22.2 Å². The van der Waals surface area contributed by atoms with E-state index in [4.69, 9.17) is 0 Å². The summed E-state index contributed by atoms with van der Waals surface area (Å²) in [4.78, 5) is 34.3. The van der Waals surface area contributed by atoms with Gasteiger partial charge < -0.3 is 15.0 Å². The van der Waals surface area contributed by atoms with Gasteiger partial charge in [-0.3, -0.25) is 9.59 Å². The molecule has 2 aromatic carbocycles. The van der Waals surface area contributed by atoms with Crippen LogP contribution in [0, 0.1) is 0 Å². The number of rotatable bonds is 1. The molecule has 1 aromatic heterocycles. The van der Waals surface area contributed by atoms with Crippen molar-refractivity contribution in [3.05, 3.63) is 57.9 Å². The van der Waals surface area contributed by atoms with Crippen LogP contribution >= 0.6 is 0 Å². The quantitative estimate of drug-likeness (QED) is 0.717. The predicted molar refractivity (Wildman–Crippen MR) is 92.5 cm³/mol. The van der Waals surface area contributed by atoms with Crippen molar-refractivity contribution in [2.75, 3.05) is 6.54 Å². The van der Waals surface area contributed by atoms with E-state index < -0.39 is 0 Å². The number of amides is 1. The number of nitrogens with one attached hydrogen (secondary N) is 1. The molecule has 2 N–H and O–H groups in total. The molecule has 2 aliphatic rings. The fourth-order valence-electron chi connectivity index (χ4n) is 4.06. The first kappa shape index (κ1) is 14.2. The summed E-state index contributed by atoms with van der Waals surface area (Å²) in [6.07, 6.45) is 1.88. The van der Waals surface area contributed by atoms with Crippen molar-refractivity contribution in [3.8, 4) is 17.0 Å². The molecule has 6 heteroatoms. The molecule has 3 heterocycles. The summed E-state index contributed by atoms with van der Waals surface area (Å²) < 4.78 is 0. The number of carbonyl (C=O) groups excluding carboxylic acids is 1. The number of para-hydroxylation sites is 1. The van der Waals surface area contributed by atoms with Gasteiger partial charge in [0, 0.05) is 17.7 Å². The number of H-pyrrole nitrogens is 1. The van der Waals surface area contributed by atoms with E-state index in [2.05, 4.69) is 9.97 Å². The third kappa shape index (κ3) is 1.88. The smallest absolute Gasteiger partial charge is 0.275 e. The van der Waals surface area contributed by atoms with Gasteiger partial charge in [0.05, 0.1) is 11.6 Å². The first-order valence-electron chi connectivity index (χ1n) is 8.31. The fraction of sp³-hybridized carbons (Fsp3) is 0.211. The van der Waals surface area contributed by atoms with Gasteiger partial charge in [-0.1, -0.05) is 18.2 Å². The normalized spacial score (nSPS) is 18.6. The van der Waals surface area contributed by atoms with E-state index in [0.717, 1.165) is 24.9 Å². The second-order valence-electron chi connectivity index (χ2n) is 6.51. The molecule has 3 aromatic rings. The van der Waals surface area contributed by atoms with Crippen LogP contribution < -0.4 is 5.56 Å². The second kappa shape index (κ2) is 4.92. The standard InChI is InChI=1S/C19H15N3O3/c23-14-8-2-6-12-17(14)21-18(24)16(20-12)10-4-1-5-11-15(10)13-7-3-9-22(13)19(11)25/h1-2,4-6,8,13,23H,3,7,9H2,(H,21,24). The highest BCUT2D eigenvalue weighted by atomic mass is 16.3. The molecule has 124 valence electrons. The number of hydrogen-bond donors (Lipinski definition) is 2. The van der Waals surface area contributed by atoms with Gasteiger partial charge in [0.25, 0.3) is 11.5 Å². The van der Waals surface area contributed by atoms with Gasteiger partial charge in [0.1, 0.15) is 17.0 Å². The highest BCUT2D eigenvalue weighted by Crippen LogP contribution is 2.44. The molecule has 1 fully saturated rings. The van der Waals surface area contributed by atoms with Crippen molar-refractivity contribution < 1.29 is 9.90 Å². The molecular formula is C19H15N3O3. The third-order valence-electron chi connectivity index (χ3n) is 5.14. The van der Waals surface area contributed by atoms with Crippen molar-refractivity contribution in [3.63, 3.8) is 0 Å². The Morgan fingerprint density at radius 3 is 2.80 bits per heavy atom. The van der Waals surface area contributed by atoms with Crippen LogP contribution in [0.5, 0.6) is 5.75 Å². The Morgan fingerprint density at radius 2 is 1.92 bits per heavy atom. The molecular weight excluding hydrogens is 318 g/mol. The summed E-state index contributed by atoms with van der Waals surface area (Å²) in [7, 11) is 0. The second-order valence-corrected chi connectivity index (χ2v) is 6.51. The zero-order valence-electron chi connectivity index (χ0n) is 13.3. The first-order chi connectivity index (χ1) is 12.1. The van der Waals surface area contributed by atoms with Crippen molar-refractivity contribution >= 4 is 16.9 Å². The molecule has 1 unspecified atom stereocenters. The third-order valence-corrected chi connectivity index (χ3v) is 5.14. The molecule has 1 saturated heterocycles. The number of aromatic hydroxyl groups is 1. The van der Waals surface area contributed by atoms with E-state index in [-0.39, 0.29) is 29.0 Å². The molecule has 0 spiro atoms. The number of hydrogen-bond acceptors (Lipinski definition) is 4. The highest BCUT2D eigenvalue weighted by molar-refractivity contribution is 6.01. The molecule has 5 rings (SSSR count). The van der Waals surface area contributed by atoms with Crippen molar-refractivity contribution in [2.24, 2.45) is 0 Å². The number of phenols is 1. The maximum absolute atomic E-state index is 12.6. The summed E-state index contributed by atoms with van der Waals surface area (Å²) in [5, 5.41) is 9.91. The maximum Gasteiger partial charge on any atom is 0.275 e. The Balaban J connectivity index is 1.79. The van der Waals surface area contributed by atoms with E-state index in [9.17, 15) is 14.7 Å². The minimum Gasteiger partial charge on any atom is -0.506 e. The molecule has 1 atom stereocenters. The minimum absolute atomic E-state index is 0.0101. The minimum atomic E-state index is -0.369. The number of carbonyl (C=O) groups is 1. The van der Waals surface area contributed by atoms with Gasteiger partial charge in [0.15, 0.2) is 0 Å². The number of aromatic amines is 1. The van der Waals surface area contributed by atoms with E-state index >= 15 is 0 Å². The number of nitrogens with zero attached hydrogens (tertiary/aromatic N) is 2. The van der Waals surface area contributed by atoms with Crippen LogP contribution in [0.1, 0.15) is 34.8 Å². The summed E-state index contributed by atoms with van der Waals surface area (Å²) in [5.41, 5.74) is 3.03. The summed E-state index contributed by atoms with van der Waals surface area (Å²) >= 11 is 0. The maximum atomic E-state index is 12.6. The lowest BCUT2D eigenvalue weighted by Crippen LogP contribution is -2.22. The zero-order valence-corrected chi connectivity index (χ0v) is 13.3. The van der Waals surface area contributed by atoms with Crippen molar-refractivity contribution in [1.29, 1.82) is 0 Å². The van der Waals surface area contributed by atoms with Gasteiger partial charge in [0.2, 0.25) is 0 Å². The molecule has 0 radical (unpaired) electrons. The SMILES string of the molecule is O=C1c2cccc(-c3nc4cccc(O)c4[nH]c3=O)c2C2CCCN12. The molecule has 25 heavy (non-hydrogen) atoms. The van der Waals surface area contributed by atoms with Crippen molar-refractivity contribution in [2.45, 2.75) is 18.9 Å². The lowest BCUT2D eigenvalue weighted by Gasteiger charge is -2.16. The van der Waals surface area contributed by atoms with Crippen LogP contribution in [0.25, 0.3) is 22.3 Å². The van der Waals surface area contributed by atoms with Crippen LogP contribution in [-0.2, 0) is 0 Å². The van der Waals surface area contributed by atoms with Crippen LogP contribution in [0.2, 0.25) is 0 Å².